The zero-order chi connectivity index (χ0) is 36.3. The van der Waals surface area contributed by atoms with E-state index in [9.17, 15) is 9.59 Å². The summed E-state index contributed by atoms with van der Waals surface area (Å²) in [5.41, 5.74) is 0. The van der Waals surface area contributed by atoms with Gasteiger partial charge in [0.1, 0.15) is 6.10 Å². The van der Waals surface area contributed by atoms with Gasteiger partial charge in [0, 0.05) is 18.9 Å². The first-order valence-electron chi connectivity index (χ1n) is 22.6. The van der Waals surface area contributed by atoms with Crippen molar-refractivity contribution in [3.8, 4) is 0 Å². The van der Waals surface area contributed by atoms with E-state index in [2.05, 4.69) is 32.6 Å². The third-order valence-electron chi connectivity index (χ3n) is 11.3. The molecular formula is C45H87NO4. The molecule has 5 heteroatoms. The summed E-state index contributed by atoms with van der Waals surface area (Å²) < 4.78 is 11.6. The fourth-order valence-corrected chi connectivity index (χ4v) is 8.00. The summed E-state index contributed by atoms with van der Waals surface area (Å²) in [4.78, 5) is 27.7. The van der Waals surface area contributed by atoms with Gasteiger partial charge in [0.05, 0.1) is 6.61 Å². The Bertz CT molecular complexity index is 741. The van der Waals surface area contributed by atoms with Gasteiger partial charge in [0.15, 0.2) is 0 Å². The SMILES string of the molecule is CCCCCCCCCOC(=O)CCCCCCC1CC(CCCCC(=O)OC(CCCCCCCC)CCCCCCCC)CCN1CC. The topological polar surface area (TPSA) is 55.8 Å². The number of likely N-dealkylation sites (tertiary alicyclic amines) is 1. The summed E-state index contributed by atoms with van der Waals surface area (Å²) in [5.74, 6) is 0.836. The molecule has 1 heterocycles. The highest BCUT2D eigenvalue weighted by Gasteiger charge is 2.27. The summed E-state index contributed by atoms with van der Waals surface area (Å²) in [5, 5.41) is 0. The van der Waals surface area contributed by atoms with Crippen LogP contribution in [-0.2, 0) is 19.1 Å². The van der Waals surface area contributed by atoms with Crippen LogP contribution in [0.25, 0.3) is 0 Å². The van der Waals surface area contributed by atoms with Gasteiger partial charge in [-0.25, -0.2) is 0 Å². The molecule has 5 nitrogen and oxygen atoms in total. The van der Waals surface area contributed by atoms with Gasteiger partial charge in [-0.1, -0.05) is 163 Å². The minimum atomic E-state index is -0.00215. The third kappa shape index (κ3) is 27.5. The Morgan fingerprint density at radius 2 is 1.04 bits per heavy atom. The molecule has 1 aliphatic rings. The fourth-order valence-electron chi connectivity index (χ4n) is 8.00. The summed E-state index contributed by atoms with van der Waals surface area (Å²) >= 11 is 0. The second-order valence-corrected chi connectivity index (χ2v) is 15.9. The van der Waals surface area contributed by atoms with Gasteiger partial charge in [0.25, 0.3) is 0 Å². The van der Waals surface area contributed by atoms with Crippen LogP contribution in [0, 0.1) is 5.92 Å². The maximum atomic E-state index is 12.9. The molecule has 0 saturated carbocycles. The van der Waals surface area contributed by atoms with Crippen molar-refractivity contribution in [3.05, 3.63) is 0 Å². The van der Waals surface area contributed by atoms with Gasteiger partial charge in [-0.3, -0.25) is 9.59 Å². The van der Waals surface area contributed by atoms with E-state index in [4.69, 9.17) is 9.47 Å². The molecule has 0 amide bonds. The molecule has 2 atom stereocenters. The third-order valence-corrected chi connectivity index (χ3v) is 11.3. The number of ether oxygens (including phenoxy) is 2. The number of carbonyl (C=O) groups excluding carboxylic acids is 2. The van der Waals surface area contributed by atoms with Crippen molar-refractivity contribution < 1.29 is 19.1 Å². The Balaban J connectivity index is 2.23. The molecule has 0 N–H and O–H groups in total. The second kappa shape index (κ2) is 35.0. The minimum absolute atomic E-state index is 0.00215. The van der Waals surface area contributed by atoms with Crippen LogP contribution in [0.1, 0.15) is 240 Å². The number of unbranched alkanes of at least 4 members (excludes halogenated alkanes) is 20. The van der Waals surface area contributed by atoms with E-state index >= 15 is 0 Å². The monoisotopic (exact) mass is 706 g/mol. The number of rotatable bonds is 36. The summed E-state index contributed by atoms with van der Waals surface area (Å²) in [6, 6.07) is 0.695. The first-order valence-corrected chi connectivity index (χ1v) is 22.6. The molecule has 2 unspecified atom stereocenters. The quantitative estimate of drug-likeness (QED) is 0.0480. The predicted octanol–water partition coefficient (Wildman–Crippen LogP) is 13.7. The van der Waals surface area contributed by atoms with E-state index in [1.54, 1.807) is 0 Å². The van der Waals surface area contributed by atoms with Crippen LogP contribution in [0.4, 0.5) is 0 Å². The van der Waals surface area contributed by atoms with Crippen LogP contribution in [0.2, 0.25) is 0 Å². The molecule has 0 aliphatic carbocycles. The van der Waals surface area contributed by atoms with Crippen molar-refractivity contribution in [1.82, 2.24) is 4.90 Å². The lowest BCUT2D eigenvalue weighted by atomic mass is 9.85. The molecule has 0 bridgehead atoms. The first-order chi connectivity index (χ1) is 24.5. The van der Waals surface area contributed by atoms with E-state index in [-0.39, 0.29) is 18.0 Å². The lowest BCUT2D eigenvalue weighted by Gasteiger charge is -2.39. The molecule has 1 rings (SSSR count). The maximum absolute atomic E-state index is 12.9. The van der Waals surface area contributed by atoms with E-state index in [1.807, 2.05) is 0 Å². The van der Waals surface area contributed by atoms with Gasteiger partial charge in [-0.05, 0) is 83.2 Å². The second-order valence-electron chi connectivity index (χ2n) is 15.9. The predicted molar refractivity (Wildman–Crippen MR) is 215 cm³/mol. The molecule has 0 aromatic carbocycles. The summed E-state index contributed by atoms with van der Waals surface area (Å²) in [6.07, 6.45) is 39.5. The van der Waals surface area contributed by atoms with E-state index in [0.29, 0.717) is 25.5 Å². The zero-order valence-corrected chi connectivity index (χ0v) is 34.3. The van der Waals surface area contributed by atoms with Crippen LogP contribution < -0.4 is 0 Å². The van der Waals surface area contributed by atoms with Crippen LogP contribution in [0.3, 0.4) is 0 Å². The molecule has 1 saturated heterocycles. The van der Waals surface area contributed by atoms with Crippen LogP contribution >= 0.6 is 0 Å². The van der Waals surface area contributed by atoms with Crippen molar-refractivity contribution >= 4 is 11.9 Å². The average Bonchev–Trinajstić information content (AvgIpc) is 3.12. The average molecular weight is 706 g/mol. The Hall–Kier alpha value is -1.10. The standard InChI is InChI=1S/C45H87NO4/c1-5-9-12-15-18-23-30-39-49-44(47)35-27-22-21-24-32-42-40-41(37-38-46(42)8-4)31-28-29-36-45(48)50-43(33-25-19-16-13-10-6-2)34-26-20-17-14-11-7-3/h41-43H,5-40H2,1-4H3. The number of carbonyl (C=O) groups is 2. The molecule has 0 spiro atoms. The number of nitrogens with zero attached hydrogens (tertiary/aromatic N) is 1. The van der Waals surface area contributed by atoms with Crippen molar-refractivity contribution in [2.45, 2.75) is 252 Å². The molecular weight excluding hydrogens is 618 g/mol. The van der Waals surface area contributed by atoms with E-state index in [1.165, 1.54) is 161 Å². The highest BCUT2D eigenvalue weighted by atomic mass is 16.5. The highest BCUT2D eigenvalue weighted by molar-refractivity contribution is 5.69. The maximum Gasteiger partial charge on any atom is 0.306 e. The van der Waals surface area contributed by atoms with Crippen molar-refractivity contribution in [2.24, 2.45) is 5.92 Å². The van der Waals surface area contributed by atoms with Crippen LogP contribution in [0.15, 0.2) is 0 Å². The van der Waals surface area contributed by atoms with E-state index in [0.717, 1.165) is 57.4 Å². The Morgan fingerprint density at radius 1 is 0.560 bits per heavy atom. The number of piperidine rings is 1. The fraction of sp³-hybridized carbons (Fsp3) is 0.956. The molecule has 0 radical (unpaired) electrons. The molecule has 1 fully saturated rings. The van der Waals surface area contributed by atoms with E-state index < -0.39 is 0 Å². The lowest BCUT2D eigenvalue weighted by molar-refractivity contribution is -0.150. The lowest BCUT2D eigenvalue weighted by Crippen LogP contribution is -2.42. The summed E-state index contributed by atoms with van der Waals surface area (Å²) in [6.45, 7) is 12.1. The normalized spacial score (nSPS) is 16.7. The van der Waals surface area contributed by atoms with Gasteiger partial charge < -0.3 is 14.4 Å². The smallest absolute Gasteiger partial charge is 0.306 e. The Morgan fingerprint density at radius 3 is 1.64 bits per heavy atom. The van der Waals surface area contributed by atoms with Gasteiger partial charge in [0.2, 0.25) is 0 Å². The first kappa shape index (κ1) is 46.9. The Labute approximate surface area is 312 Å². The van der Waals surface area contributed by atoms with Crippen molar-refractivity contribution in [2.75, 3.05) is 19.7 Å². The molecule has 1 aliphatic heterocycles. The molecule has 0 aromatic rings. The van der Waals surface area contributed by atoms with Crippen LogP contribution in [-0.4, -0.2) is 48.7 Å². The molecule has 50 heavy (non-hydrogen) atoms. The van der Waals surface area contributed by atoms with Crippen LogP contribution in [0.5, 0.6) is 0 Å². The molecule has 0 aromatic heterocycles. The highest BCUT2D eigenvalue weighted by Crippen LogP contribution is 2.30. The van der Waals surface area contributed by atoms with Crippen molar-refractivity contribution in [3.63, 3.8) is 0 Å². The zero-order valence-electron chi connectivity index (χ0n) is 34.3. The van der Waals surface area contributed by atoms with Crippen molar-refractivity contribution in [1.29, 1.82) is 0 Å². The number of esters is 2. The summed E-state index contributed by atoms with van der Waals surface area (Å²) in [7, 11) is 0. The van der Waals surface area contributed by atoms with Gasteiger partial charge >= 0.3 is 11.9 Å². The van der Waals surface area contributed by atoms with Gasteiger partial charge in [-0.15, -0.1) is 0 Å². The minimum Gasteiger partial charge on any atom is -0.466 e. The Kier molecular flexibility index (Phi) is 32.8. The van der Waals surface area contributed by atoms with Gasteiger partial charge in [-0.2, -0.15) is 0 Å². The largest absolute Gasteiger partial charge is 0.466 e. The number of hydrogen-bond acceptors (Lipinski definition) is 5. The number of hydrogen-bond donors (Lipinski definition) is 0. The molecule has 296 valence electrons.